The van der Waals surface area contributed by atoms with Crippen LogP contribution in [-0.2, 0) is 28.1 Å². The van der Waals surface area contributed by atoms with Gasteiger partial charge in [-0.3, -0.25) is 4.79 Å². The fourth-order valence-corrected chi connectivity index (χ4v) is 1.87. The summed E-state index contributed by atoms with van der Waals surface area (Å²) in [5, 5.41) is 15.7. The molecule has 0 atom stereocenters. The smallest absolute Gasteiger partial charge is 0.325 e. The Balaban J connectivity index is 2.53. The van der Waals surface area contributed by atoms with E-state index in [4.69, 9.17) is 5.11 Å². The first kappa shape index (κ1) is 13.5. The Hall–Kier alpha value is -1.52. The molecule has 0 amide bonds. The second-order valence-electron chi connectivity index (χ2n) is 3.12. The number of hydrogen-bond acceptors (Lipinski definition) is 5. The van der Waals surface area contributed by atoms with Gasteiger partial charge in [-0.2, -0.15) is 13.1 Å². The predicted molar refractivity (Wildman–Crippen MR) is 57.1 cm³/mol. The number of carboxylic acids is 1. The molecule has 0 spiro atoms. The van der Waals surface area contributed by atoms with Crippen LogP contribution in [0.5, 0.6) is 0 Å². The maximum Gasteiger partial charge on any atom is 0.325 e. The van der Waals surface area contributed by atoms with Crippen molar-refractivity contribution in [2.45, 2.75) is 20.0 Å². The molecule has 0 aliphatic carbocycles. The zero-order valence-corrected chi connectivity index (χ0v) is 9.94. The molecule has 0 aromatic carbocycles. The summed E-state index contributed by atoms with van der Waals surface area (Å²) in [6.45, 7) is 1.57. The third-order valence-electron chi connectivity index (χ3n) is 1.66. The third-order valence-corrected chi connectivity index (χ3v) is 2.85. The van der Waals surface area contributed by atoms with Crippen molar-refractivity contribution in [1.82, 2.24) is 24.4 Å². The molecule has 0 bridgehead atoms. The first-order valence-electron chi connectivity index (χ1n) is 4.78. The van der Waals surface area contributed by atoms with E-state index in [1.165, 1.54) is 6.20 Å². The lowest BCUT2D eigenvalue weighted by Gasteiger charge is -2.03. The minimum atomic E-state index is -3.54. The van der Waals surface area contributed by atoms with Crippen LogP contribution in [0.25, 0.3) is 0 Å². The van der Waals surface area contributed by atoms with E-state index in [1.807, 2.05) is 0 Å². The molecule has 0 fully saturated rings. The van der Waals surface area contributed by atoms with Crippen LogP contribution in [0.4, 0.5) is 0 Å². The number of carbonyl (C=O) groups is 1. The molecule has 0 saturated carbocycles. The van der Waals surface area contributed by atoms with Crippen LogP contribution < -0.4 is 9.44 Å². The van der Waals surface area contributed by atoms with Crippen molar-refractivity contribution in [3.05, 3.63) is 11.9 Å². The lowest BCUT2D eigenvalue weighted by atomic mass is 10.5. The highest BCUT2D eigenvalue weighted by Gasteiger charge is 2.09. The van der Waals surface area contributed by atoms with Crippen molar-refractivity contribution in [1.29, 1.82) is 0 Å². The molecule has 17 heavy (non-hydrogen) atoms. The number of aliphatic carboxylic acids is 1. The molecule has 1 aromatic rings. The monoisotopic (exact) mass is 263 g/mol. The molecular weight excluding hydrogens is 250 g/mol. The molecule has 0 aliphatic rings. The van der Waals surface area contributed by atoms with Gasteiger partial charge < -0.3 is 5.11 Å². The highest BCUT2D eigenvalue weighted by Crippen LogP contribution is 1.93. The zero-order valence-electron chi connectivity index (χ0n) is 9.12. The first-order chi connectivity index (χ1) is 7.93. The number of nitrogens with one attached hydrogen (secondary N) is 2. The van der Waals surface area contributed by atoms with Gasteiger partial charge in [0.05, 0.1) is 18.4 Å². The van der Waals surface area contributed by atoms with E-state index in [0.717, 1.165) is 4.68 Å². The van der Waals surface area contributed by atoms with Crippen LogP contribution in [0.3, 0.4) is 0 Å². The van der Waals surface area contributed by atoms with Crippen LogP contribution in [-0.4, -0.2) is 41.0 Å². The standard InChI is InChI=1S/C7H13N5O4S/c1-2-8-17(15,16)9-3-6-4-12(11-10-6)5-7(13)14/h4,8-9H,2-3,5H2,1H3,(H,13,14). The second-order valence-corrected chi connectivity index (χ2v) is 4.71. The van der Waals surface area contributed by atoms with Crippen LogP contribution in [0.1, 0.15) is 12.6 Å². The van der Waals surface area contributed by atoms with Crippen LogP contribution >= 0.6 is 0 Å². The van der Waals surface area contributed by atoms with Crippen LogP contribution in [0.15, 0.2) is 6.20 Å². The highest BCUT2D eigenvalue weighted by molar-refractivity contribution is 7.87. The molecule has 0 radical (unpaired) electrons. The van der Waals surface area contributed by atoms with E-state index in [2.05, 4.69) is 19.8 Å². The molecule has 96 valence electrons. The Bertz CT molecular complexity index is 482. The van der Waals surface area contributed by atoms with E-state index in [-0.39, 0.29) is 19.6 Å². The van der Waals surface area contributed by atoms with Gasteiger partial charge in [0.2, 0.25) is 0 Å². The molecule has 3 N–H and O–H groups in total. The summed E-state index contributed by atoms with van der Waals surface area (Å²) in [5.74, 6) is -1.05. The maximum absolute atomic E-state index is 11.2. The molecule has 1 aromatic heterocycles. The third kappa shape index (κ3) is 4.89. The number of nitrogens with zero attached hydrogens (tertiary/aromatic N) is 3. The Kier molecular flexibility index (Phi) is 4.54. The summed E-state index contributed by atoms with van der Waals surface area (Å²) < 4.78 is 28.0. The largest absolute Gasteiger partial charge is 0.480 e. The average Bonchev–Trinajstić information content (AvgIpc) is 2.62. The van der Waals surface area contributed by atoms with E-state index in [9.17, 15) is 13.2 Å². The van der Waals surface area contributed by atoms with Crippen molar-refractivity contribution in [3.8, 4) is 0 Å². The van der Waals surface area contributed by atoms with E-state index in [0.29, 0.717) is 5.69 Å². The van der Waals surface area contributed by atoms with Gasteiger partial charge in [0, 0.05) is 6.54 Å². The normalized spacial score (nSPS) is 11.6. The van der Waals surface area contributed by atoms with Crippen molar-refractivity contribution >= 4 is 16.2 Å². The molecule has 0 unspecified atom stereocenters. The Morgan fingerprint density at radius 2 is 2.24 bits per heavy atom. The maximum atomic E-state index is 11.2. The van der Waals surface area contributed by atoms with E-state index in [1.54, 1.807) is 6.92 Å². The van der Waals surface area contributed by atoms with Crippen molar-refractivity contribution in [2.24, 2.45) is 0 Å². The molecule has 9 nitrogen and oxygen atoms in total. The minimum absolute atomic E-state index is 0.0467. The Labute approximate surface area is 98.0 Å². The molecular formula is C7H13N5O4S. The quantitative estimate of drug-likeness (QED) is 0.538. The summed E-state index contributed by atoms with van der Waals surface area (Å²) in [7, 11) is -3.54. The summed E-state index contributed by atoms with van der Waals surface area (Å²) >= 11 is 0. The van der Waals surface area contributed by atoms with Crippen molar-refractivity contribution in [2.75, 3.05) is 6.54 Å². The van der Waals surface area contributed by atoms with Crippen molar-refractivity contribution < 1.29 is 18.3 Å². The topological polar surface area (TPSA) is 126 Å². The van der Waals surface area contributed by atoms with Gasteiger partial charge in [0.25, 0.3) is 10.2 Å². The van der Waals surface area contributed by atoms with E-state index < -0.39 is 16.2 Å². The van der Waals surface area contributed by atoms with Gasteiger partial charge in [-0.15, -0.1) is 5.10 Å². The molecule has 1 heterocycles. The Morgan fingerprint density at radius 3 is 2.82 bits per heavy atom. The van der Waals surface area contributed by atoms with Gasteiger partial charge in [0.15, 0.2) is 0 Å². The average molecular weight is 263 g/mol. The minimum Gasteiger partial charge on any atom is -0.480 e. The van der Waals surface area contributed by atoms with Crippen LogP contribution in [0.2, 0.25) is 0 Å². The van der Waals surface area contributed by atoms with Gasteiger partial charge in [0.1, 0.15) is 6.54 Å². The molecule has 0 aliphatic heterocycles. The fourth-order valence-electron chi connectivity index (χ4n) is 1.05. The molecule has 0 saturated heterocycles. The zero-order chi connectivity index (χ0) is 12.9. The fraction of sp³-hybridized carbons (Fsp3) is 0.571. The second kappa shape index (κ2) is 5.70. The summed E-state index contributed by atoms with van der Waals surface area (Å²) in [6.07, 6.45) is 1.36. The summed E-state index contributed by atoms with van der Waals surface area (Å²) in [6, 6.07) is 0. The predicted octanol–water partition coefficient (Wildman–Crippen LogP) is -1.69. The first-order valence-corrected chi connectivity index (χ1v) is 6.26. The number of aromatic nitrogens is 3. The SMILES string of the molecule is CCNS(=O)(=O)NCc1cn(CC(=O)O)nn1. The number of carboxylic acid groups (broad SMARTS) is 1. The Morgan fingerprint density at radius 1 is 1.53 bits per heavy atom. The van der Waals surface area contributed by atoms with Gasteiger partial charge in [-0.25, -0.2) is 9.40 Å². The van der Waals surface area contributed by atoms with Gasteiger partial charge in [-0.05, 0) is 0 Å². The summed E-state index contributed by atoms with van der Waals surface area (Å²) in [4.78, 5) is 10.4. The molecule has 1 rings (SSSR count). The lowest BCUT2D eigenvalue weighted by Crippen LogP contribution is -2.35. The van der Waals surface area contributed by atoms with Gasteiger partial charge >= 0.3 is 5.97 Å². The van der Waals surface area contributed by atoms with Crippen LogP contribution in [0, 0.1) is 0 Å². The van der Waals surface area contributed by atoms with E-state index >= 15 is 0 Å². The number of hydrogen-bond donors (Lipinski definition) is 3. The summed E-state index contributed by atoms with van der Waals surface area (Å²) in [5.41, 5.74) is 0.340. The van der Waals surface area contributed by atoms with Crippen molar-refractivity contribution in [3.63, 3.8) is 0 Å². The highest BCUT2D eigenvalue weighted by atomic mass is 32.2. The number of rotatable bonds is 7. The lowest BCUT2D eigenvalue weighted by molar-refractivity contribution is -0.137. The molecule has 10 heteroatoms. The van der Waals surface area contributed by atoms with Gasteiger partial charge in [-0.1, -0.05) is 12.1 Å².